The molecule has 3 heterocycles. The number of hydrogen-bond acceptors (Lipinski definition) is 5. The summed E-state index contributed by atoms with van der Waals surface area (Å²) in [6.45, 7) is 0. The molecule has 206 valence electrons. The van der Waals surface area contributed by atoms with E-state index in [9.17, 15) is 0 Å². The minimum absolute atomic E-state index is 0.595. The molecule has 0 aliphatic rings. The van der Waals surface area contributed by atoms with Crippen LogP contribution in [0.3, 0.4) is 0 Å². The molecule has 0 saturated heterocycles. The molecule has 5 nitrogen and oxygen atoms in total. The molecule has 0 fully saturated rings. The Morgan fingerprint density at radius 3 is 1.59 bits per heavy atom. The van der Waals surface area contributed by atoms with E-state index in [4.69, 9.17) is 23.8 Å². The summed E-state index contributed by atoms with van der Waals surface area (Å²) in [5.41, 5.74) is 8.23. The summed E-state index contributed by atoms with van der Waals surface area (Å²) in [7, 11) is 0. The molecule has 6 aromatic carbocycles. The zero-order valence-corrected chi connectivity index (χ0v) is 23.4. The fourth-order valence-corrected chi connectivity index (χ4v) is 6.02. The van der Waals surface area contributed by atoms with Crippen LogP contribution in [-0.4, -0.2) is 15.0 Å². The highest BCUT2D eigenvalue weighted by atomic mass is 16.3. The first-order valence-corrected chi connectivity index (χ1v) is 14.5. The van der Waals surface area contributed by atoms with Crippen LogP contribution in [0.4, 0.5) is 0 Å². The largest absolute Gasteiger partial charge is 0.456 e. The molecule has 0 spiro atoms. The summed E-state index contributed by atoms with van der Waals surface area (Å²) in [6, 6.07) is 47.0. The molecule has 0 aliphatic carbocycles. The Morgan fingerprint density at radius 2 is 0.841 bits per heavy atom. The van der Waals surface area contributed by atoms with Gasteiger partial charge in [-0.15, -0.1) is 0 Å². The standard InChI is InChI=1S/C39H23N3O2/c1-3-11-24(12-4-1)27-15-7-8-17-29(27)39-41-37(25-13-5-2-6-14-25)40-38(42-39)26-19-20-34-30(21-26)32-23-35-31(22-36(32)44-34)28-16-9-10-18-33(28)43-35/h1-23H. The maximum absolute atomic E-state index is 6.33. The van der Waals surface area contributed by atoms with E-state index in [1.165, 1.54) is 0 Å². The van der Waals surface area contributed by atoms with E-state index in [0.717, 1.165) is 71.7 Å². The van der Waals surface area contributed by atoms with Gasteiger partial charge in [-0.3, -0.25) is 0 Å². The van der Waals surface area contributed by atoms with Gasteiger partial charge in [-0.25, -0.2) is 15.0 Å². The van der Waals surface area contributed by atoms with Crippen LogP contribution in [0, 0.1) is 0 Å². The monoisotopic (exact) mass is 565 g/mol. The van der Waals surface area contributed by atoms with Crippen LogP contribution in [0.5, 0.6) is 0 Å². The average Bonchev–Trinajstić information content (AvgIpc) is 3.64. The Bertz CT molecular complexity index is 2500. The van der Waals surface area contributed by atoms with Gasteiger partial charge in [0, 0.05) is 38.2 Å². The number of benzene rings is 6. The van der Waals surface area contributed by atoms with Gasteiger partial charge in [0.25, 0.3) is 0 Å². The van der Waals surface area contributed by atoms with Gasteiger partial charge >= 0.3 is 0 Å². The average molecular weight is 566 g/mol. The third-order valence-electron chi connectivity index (χ3n) is 8.15. The van der Waals surface area contributed by atoms with Gasteiger partial charge in [0.1, 0.15) is 22.3 Å². The van der Waals surface area contributed by atoms with Crippen LogP contribution < -0.4 is 0 Å². The third kappa shape index (κ3) is 3.98. The Kier molecular flexibility index (Phi) is 5.43. The van der Waals surface area contributed by atoms with Gasteiger partial charge in [0.05, 0.1) is 0 Å². The van der Waals surface area contributed by atoms with Gasteiger partial charge in [-0.05, 0) is 47.5 Å². The predicted octanol–water partition coefficient (Wildman–Crippen LogP) is 10.3. The minimum Gasteiger partial charge on any atom is -0.456 e. The van der Waals surface area contributed by atoms with Crippen LogP contribution in [0.15, 0.2) is 148 Å². The van der Waals surface area contributed by atoms with Gasteiger partial charge < -0.3 is 8.83 Å². The molecule has 0 amide bonds. The van der Waals surface area contributed by atoms with E-state index < -0.39 is 0 Å². The lowest BCUT2D eigenvalue weighted by molar-refractivity contribution is 0.664. The molecule has 3 aromatic heterocycles. The second kappa shape index (κ2) is 9.75. The van der Waals surface area contributed by atoms with Crippen LogP contribution in [-0.2, 0) is 0 Å². The first kappa shape index (κ1) is 24.5. The fourth-order valence-electron chi connectivity index (χ4n) is 6.02. The summed E-state index contributed by atoms with van der Waals surface area (Å²) < 4.78 is 12.5. The van der Waals surface area contributed by atoms with Crippen molar-refractivity contribution in [3.8, 4) is 45.3 Å². The highest BCUT2D eigenvalue weighted by Gasteiger charge is 2.18. The maximum Gasteiger partial charge on any atom is 0.164 e. The van der Waals surface area contributed by atoms with Crippen molar-refractivity contribution in [1.29, 1.82) is 0 Å². The van der Waals surface area contributed by atoms with E-state index in [1.54, 1.807) is 0 Å². The van der Waals surface area contributed by atoms with E-state index in [2.05, 4.69) is 48.5 Å². The van der Waals surface area contributed by atoms with E-state index in [-0.39, 0.29) is 0 Å². The quantitative estimate of drug-likeness (QED) is 0.212. The predicted molar refractivity (Wildman–Crippen MR) is 176 cm³/mol. The smallest absolute Gasteiger partial charge is 0.164 e. The first-order valence-electron chi connectivity index (χ1n) is 14.5. The van der Waals surface area contributed by atoms with Crippen molar-refractivity contribution in [1.82, 2.24) is 15.0 Å². The molecule has 9 rings (SSSR count). The molecular weight excluding hydrogens is 542 g/mol. The summed E-state index contributed by atoms with van der Waals surface area (Å²) in [6.07, 6.45) is 0. The lowest BCUT2D eigenvalue weighted by Gasteiger charge is -2.12. The molecular formula is C39H23N3O2. The topological polar surface area (TPSA) is 65.0 Å². The van der Waals surface area contributed by atoms with Crippen molar-refractivity contribution in [2.45, 2.75) is 0 Å². The van der Waals surface area contributed by atoms with Crippen molar-refractivity contribution in [3.63, 3.8) is 0 Å². The van der Waals surface area contributed by atoms with Crippen molar-refractivity contribution in [2.24, 2.45) is 0 Å². The highest BCUT2D eigenvalue weighted by molar-refractivity contribution is 6.15. The molecule has 0 atom stereocenters. The number of hydrogen-bond donors (Lipinski definition) is 0. The summed E-state index contributed by atoms with van der Waals surface area (Å²) in [5.74, 6) is 1.84. The molecule has 0 aliphatic heterocycles. The van der Waals surface area contributed by atoms with Gasteiger partial charge in [-0.1, -0.05) is 103 Å². The molecule has 44 heavy (non-hydrogen) atoms. The van der Waals surface area contributed by atoms with E-state index >= 15 is 0 Å². The SMILES string of the molecule is c1ccc(-c2nc(-c3ccc4oc5cc6c(cc5c4c3)oc3ccccc36)nc(-c3ccccc3-c3ccccc3)n2)cc1. The Morgan fingerprint density at radius 1 is 0.318 bits per heavy atom. The van der Waals surface area contributed by atoms with Crippen LogP contribution >= 0.6 is 0 Å². The summed E-state index contributed by atoms with van der Waals surface area (Å²) >= 11 is 0. The van der Waals surface area contributed by atoms with Crippen molar-refractivity contribution in [3.05, 3.63) is 140 Å². The zero-order valence-electron chi connectivity index (χ0n) is 23.4. The molecule has 0 N–H and O–H groups in total. The van der Waals surface area contributed by atoms with Gasteiger partial charge in [0.15, 0.2) is 17.5 Å². The normalized spacial score (nSPS) is 11.6. The summed E-state index contributed by atoms with van der Waals surface area (Å²) in [5, 5.41) is 4.08. The van der Waals surface area contributed by atoms with Crippen LogP contribution in [0.1, 0.15) is 0 Å². The van der Waals surface area contributed by atoms with Crippen molar-refractivity contribution >= 4 is 43.9 Å². The second-order valence-electron chi connectivity index (χ2n) is 10.8. The zero-order chi connectivity index (χ0) is 29.0. The highest BCUT2D eigenvalue weighted by Crippen LogP contribution is 2.38. The molecule has 0 saturated carbocycles. The number of rotatable bonds is 4. The minimum atomic E-state index is 0.595. The molecule has 0 bridgehead atoms. The Labute approximate surface area is 252 Å². The van der Waals surface area contributed by atoms with Crippen LogP contribution in [0.25, 0.3) is 89.2 Å². The van der Waals surface area contributed by atoms with Crippen molar-refractivity contribution < 1.29 is 8.83 Å². The van der Waals surface area contributed by atoms with Crippen molar-refractivity contribution in [2.75, 3.05) is 0 Å². The lowest BCUT2D eigenvalue weighted by Crippen LogP contribution is -2.01. The Balaban J connectivity index is 1.25. The number of para-hydroxylation sites is 1. The number of fused-ring (bicyclic) bond motifs is 6. The number of nitrogens with zero attached hydrogens (tertiary/aromatic N) is 3. The Hall–Kier alpha value is -6.07. The number of aromatic nitrogens is 3. The maximum atomic E-state index is 6.33. The summed E-state index contributed by atoms with van der Waals surface area (Å²) in [4.78, 5) is 15.0. The molecule has 0 unspecified atom stereocenters. The van der Waals surface area contributed by atoms with Crippen LogP contribution in [0.2, 0.25) is 0 Å². The second-order valence-corrected chi connectivity index (χ2v) is 10.8. The van der Waals surface area contributed by atoms with E-state index in [1.807, 2.05) is 91.0 Å². The molecule has 9 aromatic rings. The molecule has 0 radical (unpaired) electrons. The lowest BCUT2D eigenvalue weighted by atomic mass is 9.99. The van der Waals surface area contributed by atoms with Gasteiger partial charge in [-0.2, -0.15) is 0 Å². The molecule has 5 heteroatoms. The fraction of sp³-hybridized carbons (Fsp3) is 0. The third-order valence-corrected chi connectivity index (χ3v) is 8.15. The first-order chi connectivity index (χ1) is 21.8. The van der Waals surface area contributed by atoms with Gasteiger partial charge in [0.2, 0.25) is 0 Å². The number of furan rings is 2. The van der Waals surface area contributed by atoms with E-state index in [0.29, 0.717) is 17.5 Å².